The molecule has 0 saturated heterocycles. The van der Waals surface area contributed by atoms with Crippen molar-refractivity contribution in [2.24, 2.45) is 11.8 Å². The molecule has 0 radical (unpaired) electrons. The van der Waals surface area contributed by atoms with Gasteiger partial charge in [0.15, 0.2) is 0 Å². The number of fused-ring (bicyclic) bond motifs is 3. The number of benzene rings is 2. The number of rotatable bonds is 4. The van der Waals surface area contributed by atoms with Gasteiger partial charge in [-0.1, -0.05) is 43.5 Å². The summed E-state index contributed by atoms with van der Waals surface area (Å²) in [5, 5.41) is 11.3. The van der Waals surface area contributed by atoms with Crippen LogP contribution >= 0.6 is 11.6 Å². The lowest BCUT2D eigenvalue weighted by Gasteiger charge is -2.51. The van der Waals surface area contributed by atoms with Gasteiger partial charge in [0.2, 0.25) is 10.0 Å². The fraction of sp³-hybridized carbons (Fsp3) is 0.647. The molecule has 8 nitrogen and oxygen atoms in total. The highest BCUT2D eigenvalue weighted by Gasteiger charge is 2.48. The number of hydrogen-bond acceptors (Lipinski definition) is 7. The molecule has 2 bridgehead atoms. The molecule has 244 valence electrons. The van der Waals surface area contributed by atoms with E-state index in [2.05, 4.69) is 9.62 Å². The molecular weight excluding hydrogens is 600 g/mol. The van der Waals surface area contributed by atoms with Gasteiger partial charge < -0.3 is 24.2 Å². The minimum absolute atomic E-state index is 0.329. The van der Waals surface area contributed by atoms with E-state index in [1.165, 1.54) is 5.56 Å². The number of aryl methyl sites for hydroxylation is 1. The molecule has 0 aromatic heterocycles. The number of nitrogens with one attached hydrogen (secondary N) is 1. The maximum atomic E-state index is 13.4. The molecule has 2 aromatic carbocycles. The molecule has 1 saturated carbocycles. The van der Waals surface area contributed by atoms with E-state index in [1.54, 1.807) is 20.3 Å². The number of hydrogen-bond donors (Lipinski definition) is 2. The van der Waals surface area contributed by atoms with Crippen molar-refractivity contribution in [2.45, 2.75) is 94.8 Å². The van der Waals surface area contributed by atoms with Gasteiger partial charge in [-0.15, -0.1) is 0 Å². The Morgan fingerprint density at radius 2 is 1.91 bits per heavy atom. The first-order valence-corrected chi connectivity index (χ1v) is 18.1. The highest BCUT2D eigenvalue weighted by molar-refractivity contribution is 7.90. The number of anilines is 1. The standard InChI is InChI=1S/C34H49ClN2O6S/c1-4-29-10-5-7-17-34(42-3,23-41-2)30-15-12-26(30)21-37-18-8-6-9-24-19-28(35)14-11-27(24)22-43-32-16-13-25(20-31(32)37)33(38)36-44(29,39)40/h11,13-14,16,19-20,26,29-30,33,36,38H,4-10,12,15,17-18,21-23H2,1-3H3/t26-,29+,30+,33?,34+/m0/s1. The van der Waals surface area contributed by atoms with Gasteiger partial charge in [0.05, 0.1) is 23.1 Å². The first kappa shape index (κ1) is 33.5. The Kier molecular flexibility index (Phi) is 11.2. The molecule has 2 N–H and O–H groups in total. The van der Waals surface area contributed by atoms with Crippen LogP contribution in [0.3, 0.4) is 0 Å². The average Bonchev–Trinajstić information content (AvgIpc) is 3.01. The summed E-state index contributed by atoms with van der Waals surface area (Å²) < 4.78 is 48.0. The Hall–Kier alpha value is -1.88. The number of ether oxygens (including phenoxy) is 3. The van der Waals surface area contributed by atoms with E-state index in [4.69, 9.17) is 25.8 Å². The molecule has 3 aliphatic rings. The Labute approximate surface area is 268 Å². The third-order valence-electron chi connectivity index (χ3n) is 10.2. The molecule has 10 heteroatoms. The number of halogens is 1. The lowest BCUT2D eigenvalue weighted by molar-refractivity contribution is -0.147. The van der Waals surface area contributed by atoms with Gasteiger partial charge in [-0.3, -0.25) is 0 Å². The number of methoxy groups -OCH3 is 2. The fourth-order valence-corrected chi connectivity index (χ4v) is 9.25. The van der Waals surface area contributed by atoms with Gasteiger partial charge in [0, 0.05) is 32.3 Å². The summed E-state index contributed by atoms with van der Waals surface area (Å²) in [6, 6.07) is 11.5. The van der Waals surface area contributed by atoms with E-state index < -0.39 is 27.1 Å². The minimum Gasteiger partial charge on any atom is -0.487 e. The maximum Gasteiger partial charge on any atom is 0.216 e. The molecule has 5 atom stereocenters. The highest BCUT2D eigenvalue weighted by Crippen LogP contribution is 2.47. The van der Waals surface area contributed by atoms with Crippen molar-refractivity contribution in [1.29, 1.82) is 0 Å². The second-order valence-electron chi connectivity index (χ2n) is 12.8. The van der Waals surface area contributed by atoms with Gasteiger partial charge in [-0.05, 0) is 104 Å². The van der Waals surface area contributed by atoms with Gasteiger partial charge >= 0.3 is 0 Å². The van der Waals surface area contributed by atoms with E-state index in [1.807, 2.05) is 37.3 Å². The third kappa shape index (κ3) is 7.39. The molecule has 1 unspecified atom stereocenters. The molecule has 0 amide bonds. The summed E-state index contributed by atoms with van der Waals surface area (Å²) in [5.74, 6) is 1.45. The summed E-state index contributed by atoms with van der Waals surface area (Å²) in [7, 11) is -0.233. The van der Waals surface area contributed by atoms with Crippen LogP contribution in [-0.4, -0.2) is 58.3 Å². The van der Waals surface area contributed by atoms with Crippen molar-refractivity contribution in [3.63, 3.8) is 0 Å². The van der Waals surface area contributed by atoms with Crippen LogP contribution in [0.5, 0.6) is 5.75 Å². The van der Waals surface area contributed by atoms with Crippen LogP contribution in [0.1, 0.15) is 87.6 Å². The molecular formula is C34H49ClN2O6S. The van der Waals surface area contributed by atoms with Crippen molar-refractivity contribution in [2.75, 3.05) is 38.8 Å². The van der Waals surface area contributed by atoms with Gasteiger partial charge in [-0.2, -0.15) is 4.72 Å². The zero-order chi connectivity index (χ0) is 31.3. The zero-order valence-electron chi connectivity index (χ0n) is 26.4. The van der Waals surface area contributed by atoms with E-state index in [0.717, 1.165) is 80.7 Å². The molecule has 2 aliphatic heterocycles. The predicted molar refractivity (Wildman–Crippen MR) is 175 cm³/mol. The van der Waals surface area contributed by atoms with E-state index in [9.17, 15) is 13.5 Å². The van der Waals surface area contributed by atoms with Crippen molar-refractivity contribution in [3.8, 4) is 5.75 Å². The molecule has 44 heavy (non-hydrogen) atoms. The molecule has 2 aromatic rings. The maximum absolute atomic E-state index is 13.4. The average molecular weight is 649 g/mol. The second kappa shape index (κ2) is 14.7. The third-order valence-corrected chi connectivity index (χ3v) is 12.4. The van der Waals surface area contributed by atoms with Crippen LogP contribution in [0.15, 0.2) is 36.4 Å². The number of aliphatic hydroxyl groups excluding tert-OH is 1. The van der Waals surface area contributed by atoms with Crippen molar-refractivity contribution in [3.05, 3.63) is 58.1 Å². The second-order valence-corrected chi connectivity index (χ2v) is 15.2. The number of nitrogens with zero attached hydrogens (tertiary/aromatic N) is 1. The first-order chi connectivity index (χ1) is 21.2. The van der Waals surface area contributed by atoms with Gasteiger partial charge in [-0.25, -0.2) is 8.42 Å². The zero-order valence-corrected chi connectivity index (χ0v) is 28.0. The van der Waals surface area contributed by atoms with Crippen molar-refractivity contribution < 1.29 is 27.7 Å². The highest BCUT2D eigenvalue weighted by atomic mass is 35.5. The molecule has 2 heterocycles. The summed E-state index contributed by atoms with van der Waals surface area (Å²) in [5.41, 5.74) is 3.27. The van der Waals surface area contributed by atoms with Crippen LogP contribution in [0.4, 0.5) is 5.69 Å². The molecule has 1 aliphatic carbocycles. The van der Waals surface area contributed by atoms with Gasteiger partial charge in [0.25, 0.3) is 0 Å². The lowest BCUT2D eigenvalue weighted by atomic mass is 9.63. The lowest BCUT2D eigenvalue weighted by Crippen LogP contribution is -2.54. The normalized spacial score (nSPS) is 29.7. The molecule has 0 spiro atoms. The van der Waals surface area contributed by atoms with Crippen molar-refractivity contribution >= 4 is 27.3 Å². The van der Waals surface area contributed by atoms with Gasteiger partial charge in [0.1, 0.15) is 18.6 Å². The number of aliphatic hydroxyl groups is 1. The van der Waals surface area contributed by atoms with Crippen LogP contribution < -0.4 is 14.4 Å². The monoisotopic (exact) mass is 648 g/mol. The van der Waals surface area contributed by atoms with Crippen LogP contribution in [0.25, 0.3) is 0 Å². The predicted octanol–water partition coefficient (Wildman–Crippen LogP) is 6.38. The summed E-state index contributed by atoms with van der Waals surface area (Å²) in [6.45, 7) is 4.42. The summed E-state index contributed by atoms with van der Waals surface area (Å²) in [4.78, 5) is 2.38. The Balaban J connectivity index is 1.55. The molecule has 5 rings (SSSR count). The fourth-order valence-electron chi connectivity index (χ4n) is 7.50. The minimum atomic E-state index is -3.76. The van der Waals surface area contributed by atoms with E-state index >= 15 is 0 Å². The first-order valence-electron chi connectivity index (χ1n) is 16.2. The Morgan fingerprint density at radius 1 is 1.07 bits per heavy atom. The van der Waals surface area contributed by atoms with Crippen LogP contribution in [0, 0.1) is 11.8 Å². The van der Waals surface area contributed by atoms with E-state index in [-0.39, 0.29) is 0 Å². The SMILES string of the molecule is CC[C@@H]1CCCC[C@](COC)(OC)[C@@H]2CC[C@H]2CN2CCCCc3cc(Cl)ccc3COc3ccc(cc32)C(O)NS1(=O)=O. The largest absolute Gasteiger partial charge is 0.487 e. The van der Waals surface area contributed by atoms with E-state index in [0.29, 0.717) is 49.2 Å². The molecule has 1 fully saturated rings. The van der Waals surface area contributed by atoms with Crippen molar-refractivity contribution in [1.82, 2.24) is 4.72 Å². The number of sulfonamides is 1. The van der Waals surface area contributed by atoms with Crippen LogP contribution in [0.2, 0.25) is 5.02 Å². The summed E-state index contributed by atoms with van der Waals surface area (Å²) >= 11 is 6.35. The van der Waals surface area contributed by atoms with Crippen LogP contribution in [-0.2, 0) is 32.5 Å². The Morgan fingerprint density at radius 3 is 2.64 bits per heavy atom. The smallest absolute Gasteiger partial charge is 0.216 e. The quantitative estimate of drug-likeness (QED) is 0.397. The Bertz CT molecular complexity index is 1370. The topological polar surface area (TPSA) is 97.3 Å². The summed E-state index contributed by atoms with van der Waals surface area (Å²) in [6.07, 6.45) is 7.13.